The van der Waals surface area contributed by atoms with Crippen molar-refractivity contribution < 1.29 is 9.53 Å². The van der Waals surface area contributed by atoms with Crippen LogP contribution >= 0.6 is 0 Å². The molecule has 1 aromatic rings. The summed E-state index contributed by atoms with van der Waals surface area (Å²) in [6.45, 7) is 0. The first-order chi connectivity index (χ1) is 14.5. The summed E-state index contributed by atoms with van der Waals surface area (Å²) in [7, 11) is 7.69. The summed E-state index contributed by atoms with van der Waals surface area (Å²) in [4.78, 5) is 13.1. The number of ether oxygens (including phenoxy) is 1. The number of esters is 1. The van der Waals surface area contributed by atoms with Crippen molar-refractivity contribution in [2.45, 2.75) is 29.5 Å². The highest BCUT2D eigenvalue weighted by molar-refractivity contribution is 5.95. The molecule has 2 atom stereocenters. The molecule has 4 N–H and O–H groups in total. The Balaban J connectivity index is 1.98. The third-order valence-electron chi connectivity index (χ3n) is 6.88. The molecule has 0 radical (unpaired) electrons. The fraction of sp³-hybridized carbons (Fsp3) is 0.375. The van der Waals surface area contributed by atoms with Gasteiger partial charge in [-0.05, 0) is 45.2 Å². The Labute approximate surface area is 178 Å². The van der Waals surface area contributed by atoms with Gasteiger partial charge in [0.05, 0.1) is 16.6 Å². The molecule has 3 aliphatic rings. The number of hydrogen-bond acceptors (Lipinski definition) is 6. The van der Waals surface area contributed by atoms with Gasteiger partial charge in [0.15, 0.2) is 5.60 Å². The average Bonchev–Trinajstić information content (AvgIpc) is 3.13. The minimum absolute atomic E-state index is 0.288. The van der Waals surface area contributed by atoms with E-state index in [1.54, 1.807) is 0 Å². The second kappa shape index (κ2) is 7.45. The zero-order chi connectivity index (χ0) is 21.4. The van der Waals surface area contributed by atoms with Crippen molar-refractivity contribution in [2.24, 2.45) is 0 Å². The Morgan fingerprint density at radius 2 is 1.37 bits per heavy atom. The number of cyclic esters (lactones) is 1. The van der Waals surface area contributed by atoms with Gasteiger partial charge in [0.2, 0.25) is 0 Å². The predicted octanol–water partition coefficient (Wildman–Crippen LogP) is 2.10. The minimum atomic E-state index is -0.990. The number of carbonyl (C=O) groups excluding carboxylic acids is 1. The summed E-state index contributed by atoms with van der Waals surface area (Å²) in [6.07, 6.45) is 14.0. The van der Waals surface area contributed by atoms with Crippen molar-refractivity contribution in [3.8, 4) is 0 Å². The third-order valence-corrected chi connectivity index (χ3v) is 6.88. The molecule has 30 heavy (non-hydrogen) atoms. The van der Waals surface area contributed by atoms with Crippen LogP contribution in [0.3, 0.4) is 0 Å². The van der Waals surface area contributed by atoms with E-state index in [-0.39, 0.29) is 5.97 Å². The van der Waals surface area contributed by atoms with Crippen LogP contribution in [0.15, 0.2) is 72.1 Å². The van der Waals surface area contributed by atoms with Crippen LogP contribution in [0.25, 0.3) is 0 Å². The second-order valence-corrected chi connectivity index (χ2v) is 7.95. The summed E-state index contributed by atoms with van der Waals surface area (Å²) in [5.41, 5.74) is 1.33. The molecule has 1 aliphatic heterocycles. The van der Waals surface area contributed by atoms with Gasteiger partial charge >= 0.3 is 5.97 Å². The molecule has 4 rings (SSSR count). The lowest BCUT2D eigenvalue weighted by Crippen LogP contribution is -2.73. The molecule has 6 nitrogen and oxygen atoms in total. The van der Waals surface area contributed by atoms with Crippen LogP contribution in [-0.2, 0) is 10.3 Å². The molecule has 0 fully saturated rings. The van der Waals surface area contributed by atoms with Crippen LogP contribution in [0.2, 0.25) is 0 Å². The quantitative estimate of drug-likeness (QED) is 0.542. The van der Waals surface area contributed by atoms with Gasteiger partial charge in [-0.2, -0.15) is 0 Å². The Kier molecular flexibility index (Phi) is 5.08. The van der Waals surface area contributed by atoms with Gasteiger partial charge in [-0.15, -0.1) is 0 Å². The van der Waals surface area contributed by atoms with Crippen LogP contribution in [0.4, 0.5) is 0 Å². The van der Waals surface area contributed by atoms with Crippen LogP contribution in [0.5, 0.6) is 0 Å². The number of rotatable bonds is 6. The average molecular weight is 407 g/mol. The third kappa shape index (κ3) is 2.60. The van der Waals surface area contributed by atoms with E-state index in [0.29, 0.717) is 18.4 Å². The second-order valence-electron chi connectivity index (χ2n) is 7.95. The fourth-order valence-corrected chi connectivity index (χ4v) is 5.17. The van der Waals surface area contributed by atoms with Crippen LogP contribution in [0.1, 0.15) is 28.8 Å². The number of allylic oxidation sites excluding steroid dienone is 2. The maximum absolute atomic E-state index is 13.1. The van der Waals surface area contributed by atoms with E-state index in [1.807, 2.05) is 52.5 Å². The van der Waals surface area contributed by atoms with E-state index in [2.05, 4.69) is 57.7 Å². The van der Waals surface area contributed by atoms with E-state index in [9.17, 15) is 4.79 Å². The number of hydrogen-bond donors (Lipinski definition) is 4. The molecule has 0 saturated heterocycles. The molecule has 0 spiro atoms. The topological polar surface area (TPSA) is 74.4 Å². The number of fused-ring (bicyclic) bond motifs is 1. The minimum Gasteiger partial charge on any atom is -0.446 e. The molecule has 6 heteroatoms. The maximum atomic E-state index is 13.1. The summed E-state index contributed by atoms with van der Waals surface area (Å²) in [6, 6.07) is 7.74. The lowest BCUT2D eigenvalue weighted by Gasteiger charge is -2.56. The van der Waals surface area contributed by atoms with E-state index in [4.69, 9.17) is 4.74 Å². The highest BCUT2D eigenvalue weighted by Gasteiger charge is 2.68. The van der Waals surface area contributed by atoms with Gasteiger partial charge < -0.3 is 26.0 Å². The molecule has 2 aliphatic carbocycles. The zero-order valence-electron chi connectivity index (χ0n) is 18.0. The summed E-state index contributed by atoms with van der Waals surface area (Å²) >= 11 is 0. The first-order valence-electron chi connectivity index (χ1n) is 10.4. The van der Waals surface area contributed by atoms with Crippen molar-refractivity contribution in [3.05, 3.63) is 83.2 Å². The molecule has 0 amide bonds. The molecular weight excluding hydrogens is 376 g/mol. The van der Waals surface area contributed by atoms with E-state index in [0.717, 1.165) is 17.0 Å². The van der Waals surface area contributed by atoms with Crippen LogP contribution in [0, 0.1) is 0 Å². The van der Waals surface area contributed by atoms with E-state index >= 15 is 0 Å². The smallest absolute Gasteiger partial charge is 0.339 e. The van der Waals surface area contributed by atoms with E-state index in [1.165, 1.54) is 0 Å². The Morgan fingerprint density at radius 1 is 0.833 bits per heavy atom. The molecule has 0 bridgehead atoms. The fourth-order valence-electron chi connectivity index (χ4n) is 5.17. The standard InChI is InChI=1S/C24H30N4O2/c1-25-17-9-13-22(27-3,14-10-17)24(20-8-6-5-7-19(20)21(29)30-24)23(28-4)15-11-18(26-2)12-16-23/h5-13,15,25-28H,14,16H2,1-4H3. The van der Waals surface area contributed by atoms with Crippen molar-refractivity contribution in [1.82, 2.24) is 21.3 Å². The van der Waals surface area contributed by atoms with Crippen LogP contribution in [-0.4, -0.2) is 45.2 Å². The summed E-state index contributed by atoms with van der Waals surface area (Å²) in [5, 5.41) is 13.5. The van der Waals surface area contributed by atoms with Crippen molar-refractivity contribution >= 4 is 5.97 Å². The highest BCUT2D eigenvalue weighted by atomic mass is 16.6. The van der Waals surface area contributed by atoms with Gasteiger partial charge in [0.1, 0.15) is 0 Å². The molecule has 0 aromatic heterocycles. The zero-order valence-corrected chi connectivity index (χ0v) is 18.0. The molecular formula is C24H30N4O2. The predicted molar refractivity (Wildman–Crippen MR) is 119 cm³/mol. The first-order valence-corrected chi connectivity index (χ1v) is 10.4. The van der Waals surface area contributed by atoms with Crippen LogP contribution < -0.4 is 21.3 Å². The Hall–Kier alpha value is -2.83. The Bertz CT molecular complexity index is 931. The molecule has 1 heterocycles. The van der Waals surface area contributed by atoms with Gasteiger partial charge in [-0.25, -0.2) is 4.79 Å². The number of benzene rings is 1. The highest BCUT2D eigenvalue weighted by Crippen LogP contribution is 2.56. The normalized spacial score (nSPS) is 32.2. The summed E-state index contributed by atoms with van der Waals surface area (Å²) < 4.78 is 6.46. The van der Waals surface area contributed by atoms with Crippen molar-refractivity contribution in [1.29, 1.82) is 0 Å². The van der Waals surface area contributed by atoms with Gasteiger partial charge in [0, 0.05) is 31.1 Å². The molecule has 158 valence electrons. The summed E-state index contributed by atoms with van der Waals surface area (Å²) in [5.74, 6) is -0.288. The first kappa shape index (κ1) is 20.4. The lowest BCUT2D eigenvalue weighted by molar-refractivity contribution is -0.0958. The van der Waals surface area contributed by atoms with Gasteiger partial charge in [-0.1, -0.05) is 42.5 Å². The van der Waals surface area contributed by atoms with E-state index < -0.39 is 16.7 Å². The van der Waals surface area contributed by atoms with Gasteiger partial charge in [0.25, 0.3) is 0 Å². The van der Waals surface area contributed by atoms with Crippen molar-refractivity contribution in [3.63, 3.8) is 0 Å². The SMILES string of the molecule is CNC1=CCC(NC)(C2(C3(NC)C=CC(NC)=CC3)OC(=O)c3ccccc32)C=C1. The lowest BCUT2D eigenvalue weighted by atomic mass is 9.59. The van der Waals surface area contributed by atoms with Crippen molar-refractivity contribution in [2.75, 3.05) is 28.2 Å². The molecule has 1 aromatic carbocycles. The number of nitrogens with one attached hydrogen (secondary N) is 4. The largest absolute Gasteiger partial charge is 0.446 e. The Morgan fingerprint density at radius 3 is 1.80 bits per heavy atom. The molecule has 2 unspecified atom stereocenters. The van der Waals surface area contributed by atoms with Gasteiger partial charge in [-0.3, -0.25) is 0 Å². The maximum Gasteiger partial charge on any atom is 0.339 e. The molecule has 0 saturated carbocycles. The number of likely N-dealkylation sites (N-methyl/N-ethyl adjacent to an activating group) is 4. The monoisotopic (exact) mass is 406 g/mol. The number of carbonyl (C=O) groups is 1.